The number of pyridine rings is 1. The monoisotopic (exact) mass is 496 g/mol. The molecule has 0 bridgehead atoms. The fourth-order valence-electron chi connectivity index (χ4n) is 4.80. The van der Waals surface area contributed by atoms with E-state index in [1.807, 2.05) is 33.0 Å². The highest BCUT2D eigenvalue weighted by molar-refractivity contribution is 5.99. The van der Waals surface area contributed by atoms with Crippen molar-refractivity contribution in [3.8, 4) is 23.1 Å². The van der Waals surface area contributed by atoms with Gasteiger partial charge in [0.25, 0.3) is 5.91 Å². The number of hydrogen-bond donors (Lipinski definition) is 0. The predicted molar refractivity (Wildman–Crippen MR) is 136 cm³/mol. The molecule has 188 valence electrons. The molecule has 0 saturated heterocycles. The second-order valence-corrected chi connectivity index (χ2v) is 9.09. The van der Waals surface area contributed by atoms with Gasteiger partial charge in [0.2, 0.25) is 0 Å². The summed E-state index contributed by atoms with van der Waals surface area (Å²) < 4.78 is 7.66. The molecule has 0 saturated carbocycles. The summed E-state index contributed by atoms with van der Waals surface area (Å²) in [6, 6.07) is 7.95. The molecular formula is C27H28N8O2. The summed E-state index contributed by atoms with van der Waals surface area (Å²) >= 11 is 0. The lowest BCUT2D eigenvalue weighted by Gasteiger charge is -2.30. The maximum Gasteiger partial charge on any atom is 0.254 e. The lowest BCUT2D eigenvalue weighted by Crippen LogP contribution is -2.37. The Bertz CT molecular complexity index is 1530. The molecule has 1 aliphatic rings. The molecule has 1 amide bonds. The molecule has 4 aromatic rings. The molecule has 10 heteroatoms. The van der Waals surface area contributed by atoms with Gasteiger partial charge in [-0.25, -0.2) is 4.98 Å². The van der Waals surface area contributed by atoms with Crippen molar-refractivity contribution >= 4 is 5.91 Å². The van der Waals surface area contributed by atoms with Gasteiger partial charge in [0.15, 0.2) is 0 Å². The molecule has 3 aromatic heterocycles. The Morgan fingerprint density at radius 1 is 1.11 bits per heavy atom. The molecule has 1 aromatic carbocycles. The first-order valence-electron chi connectivity index (χ1n) is 12.2. The van der Waals surface area contributed by atoms with E-state index >= 15 is 0 Å². The Morgan fingerprint density at radius 3 is 2.59 bits per heavy atom. The summed E-state index contributed by atoms with van der Waals surface area (Å²) in [4.78, 5) is 25.9. The quantitative estimate of drug-likeness (QED) is 0.386. The number of nitrogens with zero attached hydrogens (tertiary/aromatic N) is 8. The third-order valence-corrected chi connectivity index (χ3v) is 6.57. The van der Waals surface area contributed by atoms with E-state index in [0.717, 1.165) is 33.9 Å². The number of carbonyl (C=O) groups is 1. The zero-order valence-corrected chi connectivity index (χ0v) is 21.4. The molecule has 1 aliphatic heterocycles. The van der Waals surface area contributed by atoms with Gasteiger partial charge >= 0.3 is 0 Å². The van der Waals surface area contributed by atoms with Gasteiger partial charge in [0, 0.05) is 55.9 Å². The molecule has 0 radical (unpaired) electrons. The highest BCUT2D eigenvalue weighted by atomic mass is 16.5. The van der Waals surface area contributed by atoms with Crippen LogP contribution in [0.15, 0.2) is 36.8 Å². The normalized spacial score (nSPS) is 12.9. The molecule has 10 nitrogen and oxygen atoms in total. The van der Waals surface area contributed by atoms with Crippen LogP contribution in [-0.2, 0) is 26.6 Å². The Morgan fingerprint density at radius 2 is 1.92 bits per heavy atom. The zero-order valence-electron chi connectivity index (χ0n) is 21.4. The third kappa shape index (κ3) is 4.68. The average Bonchev–Trinajstić information content (AvgIpc) is 3.44. The smallest absolute Gasteiger partial charge is 0.254 e. The van der Waals surface area contributed by atoms with Gasteiger partial charge in [-0.2, -0.15) is 20.3 Å². The van der Waals surface area contributed by atoms with Crippen LogP contribution in [0.3, 0.4) is 0 Å². The predicted octanol–water partition coefficient (Wildman–Crippen LogP) is 3.21. The van der Waals surface area contributed by atoms with E-state index in [2.05, 4.69) is 36.9 Å². The van der Waals surface area contributed by atoms with Crippen LogP contribution in [-0.4, -0.2) is 53.5 Å². The lowest BCUT2D eigenvalue weighted by molar-refractivity contribution is 0.0724. The maximum absolute atomic E-state index is 13.8. The minimum atomic E-state index is -0.0580. The summed E-state index contributed by atoms with van der Waals surface area (Å²) in [7, 11) is 1.80. The van der Waals surface area contributed by atoms with E-state index < -0.39 is 0 Å². The number of carbonyl (C=O) groups excluding carboxylic acids is 1. The van der Waals surface area contributed by atoms with E-state index in [-0.39, 0.29) is 5.91 Å². The molecule has 0 aliphatic carbocycles. The van der Waals surface area contributed by atoms with Crippen LogP contribution in [0.1, 0.15) is 51.2 Å². The molecule has 37 heavy (non-hydrogen) atoms. The number of hydrogen-bond acceptors (Lipinski definition) is 7. The number of fused-ring (bicyclic) bond motifs is 1. The molecule has 0 atom stereocenters. The Hall–Kier alpha value is -4.52. The van der Waals surface area contributed by atoms with Gasteiger partial charge in [-0.05, 0) is 50.5 Å². The van der Waals surface area contributed by atoms with E-state index in [0.29, 0.717) is 55.2 Å². The van der Waals surface area contributed by atoms with Gasteiger partial charge in [0.1, 0.15) is 28.9 Å². The van der Waals surface area contributed by atoms with Crippen molar-refractivity contribution in [2.75, 3.05) is 13.2 Å². The number of aromatic nitrogens is 6. The highest BCUT2D eigenvalue weighted by Crippen LogP contribution is 2.33. The van der Waals surface area contributed by atoms with Crippen molar-refractivity contribution in [2.24, 2.45) is 7.05 Å². The van der Waals surface area contributed by atoms with E-state index in [1.54, 1.807) is 29.0 Å². The first-order chi connectivity index (χ1) is 17.9. The molecule has 0 N–H and O–H groups in total. The molecule has 0 fully saturated rings. The van der Waals surface area contributed by atoms with Gasteiger partial charge in [-0.1, -0.05) is 0 Å². The topological polar surface area (TPSA) is 115 Å². The van der Waals surface area contributed by atoms with E-state index in [4.69, 9.17) is 4.74 Å². The SMILES string of the molecule is CCOc1cc(CN2CCc3c(cc(Cn4ccnc4C)cc3-c3nn(C)nc3C)C2=O)ncc1C#N. The first-order valence-corrected chi connectivity index (χ1v) is 12.2. The van der Waals surface area contributed by atoms with E-state index in [1.165, 1.54) is 6.20 Å². The fraction of sp³-hybridized carbons (Fsp3) is 0.333. The Balaban J connectivity index is 1.53. The highest BCUT2D eigenvalue weighted by Gasteiger charge is 2.29. The molecule has 5 rings (SSSR count). The van der Waals surface area contributed by atoms with Crippen molar-refractivity contribution < 1.29 is 9.53 Å². The second-order valence-electron chi connectivity index (χ2n) is 9.09. The van der Waals surface area contributed by atoms with Crippen LogP contribution in [0, 0.1) is 25.2 Å². The standard InChI is InChI=1S/C27H28N8O2/c1-5-37-25-12-21(30-14-20(25)13-28)16-35-8-6-22-23(26-17(2)31-33(4)32-26)10-19(11-24(22)27(35)36)15-34-9-7-29-18(34)3/h7,9-12,14H,5-6,8,15-16H2,1-4H3. The van der Waals surface area contributed by atoms with Gasteiger partial charge in [-0.15, -0.1) is 0 Å². The Kier molecular flexibility index (Phi) is 6.44. The average molecular weight is 497 g/mol. The number of benzene rings is 1. The summed E-state index contributed by atoms with van der Waals surface area (Å²) in [5.74, 6) is 1.33. The minimum absolute atomic E-state index is 0.0580. The van der Waals surface area contributed by atoms with Crippen molar-refractivity contribution in [2.45, 2.75) is 40.3 Å². The second kappa shape index (κ2) is 9.85. The summed E-state index contributed by atoms with van der Waals surface area (Å²) in [5.41, 5.74) is 6.25. The van der Waals surface area contributed by atoms with Crippen molar-refractivity contribution in [3.05, 3.63) is 76.3 Å². The summed E-state index contributed by atoms with van der Waals surface area (Å²) in [6.45, 7) is 7.67. The fourth-order valence-corrected chi connectivity index (χ4v) is 4.80. The number of amides is 1. The van der Waals surface area contributed by atoms with Crippen LogP contribution in [0.25, 0.3) is 11.3 Å². The van der Waals surface area contributed by atoms with Crippen LogP contribution in [0.4, 0.5) is 0 Å². The van der Waals surface area contributed by atoms with Crippen LogP contribution in [0.2, 0.25) is 0 Å². The first kappa shape index (κ1) is 24.2. The number of nitriles is 1. The van der Waals surface area contributed by atoms with Gasteiger partial charge in [0.05, 0.1) is 24.5 Å². The van der Waals surface area contributed by atoms with Crippen molar-refractivity contribution in [1.82, 2.24) is 34.4 Å². The van der Waals surface area contributed by atoms with E-state index in [9.17, 15) is 10.1 Å². The third-order valence-electron chi connectivity index (χ3n) is 6.57. The van der Waals surface area contributed by atoms with Crippen LogP contribution in [0.5, 0.6) is 5.75 Å². The zero-order chi connectivity index (χ0) is 26.1. The Labute approximate surface area is 215 Å². The van der Waals surface area contributed by atoms with Crippen molar-refractivity contribution in [1.29, 1.82) is 5.26 Å². The number of ether oxygens (including phenoxy) is 1. The van der Waals surface area contributed by atoms with Gasteiger partial charge < -0.3 is 14.2 Å². The van der Waals surface area contributed by atoms with Crippen molar-refractivity contribution in [3.63, 3.8) is 0 Å². The largest absolute Gasteiger partial charge is 0.492 e. The number of aryl methyl sites for hydroxylation is 3. The number of rotatable bonds is 7. The lowest BCUT2D eigenvalue weighted by atomic mass is 9.89. The summed E-state index contributed by atoms with van der Waals surface area (Å²) in [5, 5.41) is 18.4. The number of imidazole rings is 1. The molecular weight excluding hydrogens is 468 g/mol. The molecule has 0 unspecified atom stereocenters. The minimum Gasteiger partial charge on any atom is -0.492 e. The van der Waals surface area contributed by atoms with Gasteiger partial charge in [-0.3, -0.25) is 9.78 Å². The van der Waals surface area contributed by atoms with Crippen LogP contribution >= 0.6 is 0 Å². The molecule has 4 heterocycles. The summed E-state index contributed by atoms with van der Waals surface area (Å²) in [6.07, 6.45) is 5.90. The molecule has 0 spiro atoms. The maximum atomic E-state index is 13.8. The van der Waals surface area contributed by atoms with Crippen LogP contribution < -0.4 is 4.74 Å².